The van der Waals surface area contributed by atoms with Crippen molar-refractivity contribution in [3.8, 4) is 0 Å². The van der Waals surface area contributed by atoms with E-state index >= 15 is 0 Å². The van der Waals surface area contributed by atoms with Gasteiger partial charge in [0.2, 0.25) is 0 Å². The molecule has 0 atom stereocenters. The summed E-state index contributed by atoms with van der Waals surface area (Å²) in [6.45, 7) is 2.22. The van der Waals surface area contributed by atoms with Gasteiger partial charge in [-0.1, -0.05) is 64.7 Å². The molecule has 0 saturated heterocycles. The molecule has 0 saturated carbocycles. The molecular formula is C12H28BaO3S. The summed E-state index contributed by atoms with van der Waals surface area (Å²) >= 11 is 0. The van der Waals surface area contributed by atoms with E-state index in [0.717, 1.165) is 12.8 Å². The fraction of sp³-hybridized carbons (Fsp3) is 1.00. The van der Waals surface area contributed by atoms with Crippen LogP contribution in [0.2, 0.25) is 0 Å². The second-order valence-electron chi connectivity index (χ2n) is 4.47. The van der Waals surface area contributed by atoms with Gasteiger partial charge in [-0.05, 0) is 6.42 Å². The zero-order valence-electron chi connectivity index (χ0n) is 13.2. The van der Waals surface area contributed by atoms with Gasteiger partial charge in [0, 0.05) is 0 Å². The molecule has 0 unspecified atom stereocenters. The van der Waals surface area contributed by atoms with Crippen LogP contribution in [0, 0.1) is 0 Å². The van der Waals surface area contributed by atoms with Gasteiger partial charge < -0.3 is 2.85 Å². The predicted molar refractivity (Wildman–Crippen MR) is 76.2 cm³/mol. The van der Waals surface area contributed by atoms with Gasteiger partial charge in [0.25, 0.3) is 10.1 Å². The van der Waals surface area contributed by atoms with Crippen LogP contribution in [0.25, 0.3) is 0 Å². The van der Waals surface area contributed by atoms with Crippen molar-refractivity contribution in [3.63, 3.8) is 0 Å². The summed E-state index contributed by atoms with van der Waals surface area (Å²) in [4.78, 5) is 0. The molecule has 0 aromatic heterocycles. The minimum Gasteiger partial charge on any atom is -1.00 e. The second kappa shape index (κ2) is 13.9. The normalized spacial score (nSPS) is 11.2. The SMILES string of the molecule is CCCCCCCCCCCCS(=O)(=O)O.[Ba+2].[H-].[H-]. The van der Waals surface area contributed by atoms with Gasteiger partial charge in [0.15, 0.2) is 0 Å². The van der Waals surface area contributed by atoms with Crippen LogP contribution in [0.3, 0.4) is 0 Å². The first-order chi connectivity index (χ1) is 7.56. The molecule has 0 aromatic rings. The maximum Gasteiger partial charge on any atom is 2.00 e. The Morgan fingerprint density at radius 3 is 1.53 bits per heavy atom. The van der Waals surface area contributed by atoms with Gasteiger partial charge in [-0.3, -0.25) is 4.55 Å². The maximum atomic E-state index is 10.4. The molecule has 0 bridgehead atoms. The summed E-state index contributed by atoms with van der Waals surface area (Å²) in [5, 5.41) is 0. The van der Waals surface area contributed by atoms with Crippen LogP contribution in [0.15, 0.2) is 0 Å². The van der Waals surface area contributed by atoms with Crippen LogP contribution in [0.5, 0.6) is 0 Å². The minimum atomic E-state index is -3.73. The van der Waals surface area contributed by atoms with Crippen molar-refractivity contribution in [1.29, 1.82) is 0 Å². The zero-order chi connectivity index (χ0) is 12.3. The topological polar surface area (TPSA) is 54.4 Å². The Morgan fingerprint density at radius 1 is 0.824 bits per heavy atom. The van der Waals surface area contributed by atoms with Crippen molar-refractivity contribution in [2.24, 2.45) is 0 Å². The Bertz CT molecular complexity index is 249. The molecule has 0 fully saturated rings. The van der Waals surface area contributed by atoms with Crippen LogP contribution in [0.1, 0.15) is 74.0 Å². The van der Waals surface area contributed by atoms with Gasteiger partial charge in [-0.25, -0.2) is 0 Å². The van der Waals surface area contributed by atoms with E-state index in [1.807, 2.05) is 0 Å². The number of hydrogen-bond donors (Lipinski definition) is 1. The summed E-state index contributed by atoms with van der Waals surface area (Å²) < 4.78 is 29.4. The van der Waals surface area contributed by atoms with Crippen LogP contribution in [0.4, 0.5) is 0 Å². The van der Waals surface area contributed by atoms with Gasteiger partial charge in [-0.15, -0.1) is 0 Å². The van der Waals surface area contributed by atoms with Gasteiger partial charge in [-0.2, -0.15) is 8.42 Å². The smallest absolute Gasteiger partial charge is 1.00 e. The van der Waals surface area contributed by atoms with Crippen molar-refractivity contribution in [2.75, 3.05) is 5.75 Å². The molecule has 0 spiro atoms. The average Bonchev–Trinajstić information content (AvgIpc) is 2.19. The fourth-order valence-electron chi connectivity index (χ4n) is 1.77. The predicted octanol–water partition coefficient (Wildman–Crippen LogP) is 3.64. The first-order valence-corrected chi connectivity index (χ1v) is 8.12. The first kappa shape index (κ1) is 20.8. The van der Waals surface area contributed by atoms with Gasteiger partial charge >= 0.3 is 48.9 Å². The van der Waals surface area contributed by atoms with Crippen LogP contribution in [-0.2, 0) is 10.1 Å². The Kier molecular flexibility index (Phi) is 17.0. The molecule has 0 radical (unpaired) electrons. The first-order valence-electron chi connectivity index (χ1n) is 6.51. The number of unbranched alkanes of at least 4 members (excludes halogenated alkanes) is 9. The third-order valence-electron chi connectivity index (χ3n) is 2.76. The molecule has 5 heteroatoms. The van der Waals surface area contributed by atoms with Crippen molar-refractivity contribution < 1.29 is 15.8 Å². The third kappa shape index (κ3) is 20.0. The zero-order valence-corrected chi connectivity index (χ0v) is 16.4. The third-order valence-corrected chi connectivity index (χ3v) is 3.56. The molecule has 3 nitrogen and oxygen atoms in total. The summed E-state index contributed by atoms with van der Waals surface area (Å²) in [5.74, 6) is -0.0799. The summed E-state index contributed by atoms with van der Waals surface area (Å²) in [6, 6.07) is 0. The van der Waals surface area contributed by atoms with E-state index in [2.05, 4.69) is 6.92 Å². The molecular weight excluding hydrogens is 362 g/mol. The molecule has 102 valence electrons. The summed E-state index contributed by atoms with van der Waals surface area (Å²) in [5.41, 5.74) is 0. The van der Waals surface area contributed by atoms with E-state index in [-0.39, 0.29) is 57.5 Å². The molecule has 0 rings (SSSR count). The van der Waals surface area contributed by atoms with E-state index < -0.39 is 10.1 Å². The molecule has 0 amide bonds. The molecule has 0 heterocycles. The molecule has 17 heavy (non-hydrogen) atoms. The van der Waals surface area contributed by atoms with Crippen molar-refractivity contribution in [1.82, 2.24) is 0 Å². The summed E-state index contributed by atoms with van der Waals surface area (Å²) in [7, 11) is -3.73. The molecule has 0 aliphatic carbocycles. The van der Waals surface area contributed by atoms with E-state index in [9.17, 15) is 8.42 Å². The van der Waals surface area contributed by atoms with Crippen LogP contribution < -0.4 is 0 Å². The molecule has 0 aliphatic rings. The standard InChI is InChI=1S/C12H26O3S.Ba.2H/c1-2-3-4-5-6-7-8-9-10-11-12-16(13,14)15;;;/h2-12H2,1H3,(H,13,14,15);;;/q;+2;2*-1. The van der Waals surface area contributed by atoms with Gasteiger partial charge in [0.05, 0.1) is 5.75 Å². The maximum absolute atomic E-state index is 10.4. The Labute approximate surface area is 150 Å². The molecule has 0 aromatic carbocycles. The molecule has 0 aliphatic heterocycles. The largest absolute Gasteiger partial charge is 2.00 e. The van der Waals surface area contributed by atoms with Crippen LogP contribution in [-0.4, -0.2) is 67.6 Å². The Balaban J connectivity index is -0.000000375. The van der Waals surface area contributed by atoms with E-state index in [0.29, 0.717) is 6.42 Å². The molecule has 1 N–H and O–H groups in total. The second-order valence-corrected chi connectivity index (χ2v) is 6.04. The number of rotatable bonds is 11. The number of hydrogen-bond acceptors (Lipinski definition) is 2. The minimum absolute atomic E-state index is 0. The van der Waals surface area contributed by atoms with Gasteiger partial charge in [0.1, 0.15) is 0 Å². The van der Waals surface area contributed by atoms with E-state index in [1.54, 1.807) is 0 Å². The average molecular weight is 390 g/mol. The quantitative estimate of drug-likeness (QED) is 0.333. The Hall–Kier alpha value is 1.48. The Morgan fingerprint density at radius 2 is 1.18 bits per heavy atom. The summed E-state index contributed by atoms with van der Waals surface area (Å²) in [6.07, 6.45) is 11.7. The fourth-order valence-corrected chi connectivity index (χ4v) is 2.34. The monoisotopic (exact) mass is 390 g/mol. The van der Waals surface area contributed by atoms with Crippen molar-refractivity contribution in [3.05, 3.63) is 0 Å². The van der Waals surface area contributed by atoms with E-state index in [4.69, 9.17) is 4.55 Å². The van der Waals surface area contributed by atoms with Crippen molar-refractivity contribution in [2.45, 2.75) is 71.1 Å². The van der Waals surface area contributed by atoms with Crippen LogP contribution >= 0.6 is 0 Å². The van der Waals surface area contributed by atoms with E-state index in [1.165, 1.54) is 44.9 Å². The van der Waals surface area contributed by atoms with Crippen molar-refractivity contribution >= 4 is 59.0 Å².